The van der Waals surface area contributed by atoms with E-state index in [4.69, 9.17) is 14.1 Å². The highest BCUT2D eigenvalue weighted by atomic mass is 28.4. The van der Waals surface area contributed by atoms with Crippen molar-refractivity contribution >= 4 is 14.4 Å². The summed E-state index contributed by atoms with van der Waals surface area (Å²) in [5.41, 5.74) is 2.06. The number of ether oxygens (including phenoxy) is 1. The van der Waals surface area contributed by atoms with Crippen molar-refractivity contribution in [3.63, 3.8) is 0 Å². The van der Waals surface area contributed by atoms with Crippen LogP contribution in [0.1, 0.15) is 64.5 Å². The first-order chi connectivity index (χ1) is 22.5. The third-order valence-electron chi connectivity index (χ3n) is 8.84. The van der Waals surface area contributed by atoms with E-state index in [2.05, 4.69) is 65.3 Å². The van der Waals surface area contributed by atoms with Crippen LogP contribution in [0.3, 0.4) is 0 Å². The highest BCUT2D eigenvalue weighted by Gasteiger charge is 2.40. The van der Waals surface area contributed by atoms with E-state index in [0.29, 0.717) is 24.6 Å². The number of imidazole rings is 1. The van der Waals surface area contributed by atoms with Crippen molar-refractivity contribution in [3.8, 4) is 11.3 Å². The molecule has 0 fully saturated rings. The maximum absolute atomic E-state index is 15.0. The van der Waals surface area contributed by atoms with Crippen LogP contribution in [0.5, 0.6) is 0 Å². The number of halogens is 2. The van der Waals surface area contributed by atoms with Crippen molar-refractivity contribution in [2.45, 2.75) is 85.0 Å². The van der Waals surface area contributed by atoms with E-state index < -0.39 is 26.0 Å². The molecular weight excluding hydrogens is 627 g/mol. The first-order valence-electron chi connectivity index (χ1n) is 16.5. The number of aromatic nitrogens is 2. The van der Waals surface area contributed by atoms with Gasteiger partial charge in [0.15, 0.2) is 8.32 Å². The summed E-state index contributed by atoms with van der Waals surface area (Å²) in [5.74, 6) is -0.386. The van der Waals surface area contributed by atoms with Gasteiger partial charge in [-0.05, 0) is 52.9 Å². The molecule has 4 aromatic rings. The molecule has 1 amide bonds. The van der Waals surface area contributed by atoms with Gasteiger partial charge in [-0.15, -0.1) is 0 Å². The van der Waals surface area contributed by atoms with E-state index in [-0.39, 0.29) is 41.3 Å². The monoisotopic (exact) mass is 676 g/mol. The number of nitrogens with one attached hydrogen (secondary N) is 2. The molecule has 10 heteroatoms. The Morgan fingerprint density at radius 1 is 0.896 bits per heavy atom. The maximum Gasteiger partial charge on any atom is 0.407 e. The first kappa shape index (κ1) is 37.0. The molecule has 258 valence electrons. The van der Waals surface area contributed by atoms with Gasteiger partial charge in [-0.2, -0.15) is 0 Å². The van der Waals surface area contributed by atoms with Gasteiger partial charge in [0, 0.05) is 31.4 Å². The fraction of sp³-hybridized carbons (Fsp3) is 0.421. The number of amides is 1. The second-order valence-corrected chi connectivity index (χ2v) is 19.6. The Kier molecular flexibility index (Phi) is 12.0. The third kappa shape index (κ3) is 10.1. The molecule has 3 aromatic carbocycles. The predicted octanol–water partition coefficient (Wildman–Crippen LogP) is 8.87. The molecule has 48 heavy (non-hydrogen) atoms. The van der Waals surface area contributed by atoms with Crippen molar-refractivity contribution in [2.24, 2.45) is 5.41 Å². The number of benzene rings is 3. The Morgan fingerprint density at radius 2 is 1.52 bits per heavy atom. The molecule has 0 bridgehead atoms. The summed E-state index contributed by atoms with van der Waals surface area (Å²) in [6, 6.07) is 22.6. The Balaban J connectivity index is 1.62. The van der Waals surface area contributed by atoms with Crippen molar-refractivity contribution in [3.05, 3.63) is 114 Å². The zero-order chi connectivity index (χ0) is 35.1. The molecular formula is C38H50F2N4O3Si. The molecule has 0 aliphatic carbocycles. The summed E-state index contributed by atoms with van der Waals surface area (Å²) in [7, 11) is -2.25. The lowest BCUT2D eigenvalue weighted by molar-refractivity contribution is 0.123. The van der Waals surface area contributed by atoms with Crippen LogP contribution in [0.2, 0.25) is 18.1 Å². The minimum absolute atomic E-state index is 0.0572. The van der Waals surface area contributed by atoms with Crippen LogP contribution < -0.4 is 10.6 Å². The molecule has 7 nitrogen and oxygen atoms in total. The minimum atomic E-state index is -2.25. The molecule has 1 heterocycles. The van der Waals surface area contributed by atoms with Gasteiger partial charge in [-0.25, -0.2) is 18.6 Å². The molecule has 0 saturated heterocycles. The molecule has 2 atom stereocenters. The highest BCUT2D eigenvalue weighted by molar-refractivity contribution is 6.74. The largest absolute Gasteiger partial charge is 0.445 e. The van der Waals surface area contributed by atoms with Crippen LogP contribution in [-0.2, 0) is 22.3 Å². The highest BCUT2D eigenvalue weighted by Crippen LogP contribution is 2.38. The molecule has 4 rings (SSSR count). The number of hydrogen-bond donors (Lipinski definition) is 2. The second kappa shape index (κ2) is 15.6. The summed E-state index contributed by atoms with van der Waals surface area (Å²) < 4.78 is 43.6. The van der Waals surface area contributed by atoms with Crippen LogP contribution in [-0.4, -0.2) is 43.2 Å². The van der Waals surface area contributed by atoms with E-state index in [0.717, 1.165) is 23.3 Å². The van der Waals surface area contributed by atoms with Gasteiger partial charge in [0.25, 0.3) is 0 Å². The van der Waals surface area contributed by atoms with Crippen molar-refractivity contribution in [1.82, 2.24) is 20.2 Å². The SMILES string of the molecule is CC(C)(C)[C@@H](NC[C@@H](CNC(=O)OCc1ccccc1)O[Si](C)(C)C(C)(C)C)c1nc(-c2cc(F)ccc2F)cn1Cc1ccccc1. The van der Waals surface area contributed by atoms with Crippen molar-refractivity contribution in [2.75, 3.05) is 13.1 Å². The Labute approximate surface area is 285 Å². The normalized spacial score (nSPS) is 13.6. The molecule has 0 saturated carbocycles. The molecule has 0 unspecified atom stereocenters. The number of carbonyl (C=O) groups excluding carboxylic acids is 1. The number of alkyl carbamates (subject to hydrolysis) is 1. The van der Waals surface area contributed by atoms with Crippen LogP contribution in [0.15, 0.2) is 85.1 Å². The third-order valence-corrected chi connectivity index (χ3v) is 13.4. The van der Waals surface area contributed by atoms with Gasteiger partial charge < -0.3 is 24.4 Å². The Bertz CT molecular complexity index is 1630. The maximum atomic E-state index is 15.0. The quantitative estimate of drug-likeness (QED) is 0.138. The number of nitrogens with zero attached hydrogens (tertiary/aromatic N) is 2. The molecule has 0 spiro atoms. The van der Waals surface area contributed by atoms with Gasteiger partial charge in [0.1, 0.15) is 24.1 Å². The van der Waals surface area contributed by atoms with E-state index in [1.807, 2.05) is 65.2 Å². The zero-order valence-corrected chi connectivity index (χ0v) is 30.4. The standard InChI is InChI=1S/C38H50F2N4O3Si/c1-37(2,3)34(35-43-33(31-21-29(39)19-20-32(31)40)25-44(35)24-27-15-11-9-12-16-27)41-22-30(47-48(7,8)38(4,5)6)23-42-36(45)46-26-28-17-13-10-14-18-28/h9-21,25,30,34,41H,22-24,26H2,1-8H3,(H,42,45)/t30-,34-/m0/s1. The predicted molar refractivity (Wildman–Crippen MR) is 190 cm³/mol. The lowest BCUT2D eigenvalue weighted by atomic mass is 9.86. The molecule has 2 N–H and O–H groups in total. The fourth-order valence-corrected chi connectivity index (χ4v) is 6.50. The van der Waals surface area contributed by atoms with Crippen LogP contribution in [0, 0.1) is 17.0 Å². The van der Waals surface area contributed by atoms with Gasteiger partial charge in [-0.3, -0.25) is 0 Å². The van der Waals surface area contributed by atoms with Crippen LogP contribution in [0.25, 0.3) is 11.3 Å². The summed E-state index contributed by atoms with van der Waals surface area (Å²) in [5, 5.41) is 6.55. The molecule has 1 aromatic heterocycles. The summed E-state index contributed by atoms with van der Waals surface area (Å²) in [6.07, 6.45) is 0.891. The Hall–Kier alpha value is -3.86. The number of hydrogen-bond acceptors (Lipinski definition) is 5. The minimum Gasteiger partial charge on any atom is -0.445 e. The fourth-order valence-electron chi connectivity index (χ4n) is 5.15. The zero-order valence-electron chi connectivity index (χ0n) is 29.4. The van der Waals surface area contributed by atoms with E-state index in [1.165, 1.54) is 6.07 Å². The van der Waals surface area contributed by atoms with Crippen LogP contribution >= 0.6 is 0 Å². The number of rotatable bonds is 13. The lowest BCUT2D eigenvalue weighted by Crippen LogP contribution is -2.51. The lowest BCUT2D eigenvalue weighted by Gasteiger charge is -2.40. The summed E-state index contributed by atoms with van der Waals surface area (Å²) in [6.45, 7) is 18.5. The van der Waals surface area contributed by atoms with Crippen molar-refractivity contribution < 1.29 is 22.7 Å². The smallest absolute Gasteiger partial charge is 0.407 e. The second-order valence-electron chi connectivity index (χ2n) is 14.9. The summed E-state index contributed by atoms with van der Waals surface area (Å²) in [4.78, 5) is 17.7. The topological polar surface area (TPSA) is 77.4 Å². The van der Waals surface area contributed by atoms with Crippen molar-refractivity contribution in [1.29, 1.82) is 0 Å². The van der Waals surface area contributed by atoms with Gasteiger partial charge in [-0.1, -0.05) is 102 Å². The molecule has 0 aliphatic rings. The van der Waals surface area contributed by atoms with Gasteiger partial charge >= 0.3 is 6.09 Å². The van der Waals surface area contributed by atoms with Gasteiger partial charge in [0.2, 0.25) is 0 Å². The number of carbonyl (C=O) groups is 1. The van der Waals surface area contributed by atoms with Crippen LogP contribution in [0.4, 0.5) is 13.6 Å². The molecule has 0 radical (unpaired) electrons. The summed E-state index contributed by atoms with van der Waals surface area (Å²) >= 11 is 0. The average molecular weight is 677 g/mol. The van der Waals surface area contributed by atoms with E-state index in [1.54, 1.807) is 6.20 Å². The first-order valence-corrected chi connectivity index (χ1v) is 19.4. The molecule has 0 aliphatic heterocycles. The van der Waals surface area contributed by atoms with Gasteiger partial charge in [0.05, 0.1) is 17.8 Å². The van der Waals surface area contributed by atoms with E-state index >= 15 is 0 Å². The van der Waals surface area contributed by atoms with E-state index in [9.17, 15) is 13.6 Å². The average Bonchev–Trinajstić information content (AvgIpc) is 3.42. The Morgan fingerprint density at radius 3 is 2.12 bits per heavy atom.